The lowest BCUT2D eigenvalue weighted by atomic mass is 10.3. The maximum atomic E-state index is 6.79. The van der Waals surface area contributed by atoms with Crippen molar-refractivity contribution in [1.29, 1.82) is 0 Å². The van der Waals surface area contributed by atoms with Crippen molar-refractivity contribution in [2.24, 2.45) is 5.73 Å². The van der Waals surface area contributed by atoms with Gasteiger partial charge in [-0.1, -0.05) is 0 Å². The predicted octanol–water partition coefficient (Wildman–Crippen LogP) is -0.179. The molecule has 0 saturated carbocycles. The Morgan fingerprint density at radius 3 is 2.33 bits per heavy atom. The average Bonchev–Trinajstić information content (AvgIpc) is 1.35. The molecule has 3 N–H and O–H groups in total. The zero-order valence-electron chi connectivity index (χ0n) is 3.78. The fourth-order valence-electron chi connectivity index (χ4n) is 0.201. The summed E-state index contributed by atoms with van der Waals surface area (Å²) in [5.74, 6) is 0. The van der Waals surface area contributed by atoms with E-state index in [0.29, 0.717) is 13.0 Å². The Kier molecular flexibility index (Phi) is 3.08. The molecule has 6 heavy (non-hydrogen) atoms. The van der Waals surface area contributed by atoms with Crippen LogP contribution in [-0.2, 0) is 0 Å². The molecule has 2 nitrogen and oxygen atoms in total. The van der Waals surface area contributed by atoms with Crippen LogP contribution in [0.25, 0.3) is 0 Å². The van der Waals surface area contributed by atoms with E-state index in [0.717, 1.165) is 0 Å². The number of hydrogen-bond acceptors (Lipinski definition) is 1. The summed E-state index contributed by atoms with van der Waals surface area (Å²) < 4.78 is 0. The molecule has 1 unspecified atom stereocenters. The standard InChI is InChI=1S/C4H10N2/c1-4(6)2-3-5/h4,6H,1-3,5H2. The Balaban J connectivity index is 2.63. The van der Waals surface area contributed by atoms with Crippen LogP contribution >= 0.6 is 0 Å². The van der Waals surface area contributed by atoms with Crippen LogP contribution in [0.5, 0.6) is 0 Å². The monoisotopic (exact) mass is 86.1 g/mol. The van der Waals surface area contributed by atoms with Crippen LogP contribution < -0.4 is 11.5 Å². The summed E-state index contributed by atoms with van der Waals surface area (Å²) in [6.07, 6.45) is 0.708. The molecule has 0 aromatic rings. The second-order valence-electron chi connectivity index (χ2n) is 1.27. The van der Waals surface area contributed by atoms with Crippen molar-refractivity contribution in [3.63, 3.8) is 0 Å². The maximum Gasteiger partial charge on any atom is 0.0225 e. The topological polar surface area (TPSA) is 49.8 Å². The third-order valence-electron chi connectivity index (χ3n) is 0.515. The smallest absolute Gasteiger partial charge is 0.0225 e. The normalized spacial score (nSPS) is 14.5. The first kappa shape index (κ1) is 5.92. The number of hydrogen-bond donors (Lipinski definition) is 1. The lowest BCUT2D eigenvalue weighted by Crippen LogP contribution is -2.10. The fourth-order valence-corrected chi connectivity index (χ4v) is 0.201. The van der Waals surface area contributed by atoms with Gasteiger partial charge in [-0.25, -0.2) is 0 Å². The van der Waals surface area contributed by atoms with E-state index < -0.39 is 0 Å². The molecule has 36 valence electrons. The Hall–Kier alpha value is -0.0800. The average molecular weight is 86.1 g/mol. The summed E-state index contributed by atoms with van der Waals surface area (Å²) >= 11 is 0. The zero-order valence-corrected chi connectivity index (χ0v) is 3.78. The van der Waals surface area contributed by atoms with E-state index in [4.69, 9.17) is 11.5 Å². The van der Waals surface area contributed by atoms with Gasteiger partial charge in [0.1, 0.15) is 0 Å². The van der Waals surface area contributed by atoms with Crippen molar-refractivity contribution < 1.29 is 0 Å². The molecule has 0 spiro atoms. The molecule has 0 aliphatic carbocycles. The molecular weight excluding hydrogens is 76.1 g/mol. The van der Waals surface area contributed by atoms with Crippen molar-refractivity contribution >= 4 is 0 Å². The first-order chi connectivity index (χ1) is 2.77. The minimum absolute atomic E-state index is 0.227. The zero-order chi connectivity index (χ0) is 4.99. The molecule has 0 saturated heterocycles. The second kappa shape index (κ2) is 3.12. The molecule has 0 heterocycles. The highest BCUT2D eigenvalue weighted by Gasteiger charge is 1.87. The van der Waals surface area contributed by atoms with Crippen LogP contribution in [0.2, 0.25) is 0 Å². The van der Waals surface area contributed by atoms with Gasteiger partial charge in [0.25, 0.3) is 0 Å². The highest BCUT2D eigenvalue weighted by molar-refractivity contribution is 4.60. The van der Waals surface area contributed by atoms with Crippen molar-refractivity contribution in [1.82, 2.24) is 5.73 Å². The van der Waals surface area contributed by atoms with Gasteiger partial charge >= 0.3 is 0 Å². The highest BCUT2D eigenvalue weighted by atomic mass is 14.6. The SMILES string of the molecule is [CH2]C([NH])CCN. The van der Waals surface area contributed by atoms with E-state index in [9.17, 15) is 0 Å². The predicted molar refractivity (Wildman–Crippen MR) is 25.9 cm³/mol. The van der Waals surface area contributed by atoms with E-state index in [2.05, 4.69) is 6.92 Å². The van der Waals surface area contributed by atoms with Crippen LogP contribution in [-0.4, -0.2) is 12.6 Å². The van der Waals surface area contributed by atoms with E-state index in [-0.39, 0.29) is 6.04 Å². The van der Waals surface area contributed by atoms with Gasteiger partial charge in [0, 0.05) is 6.04 Å². The molecular formula is C4H10N2. The Morgan fingerprint density at radius 2 is 2.33 bits per heavy atom. The van der Waals surface area contributed by atoms with Crippen LogP contribution in [0.15, 0.2) is 0 Å². The first-order valence-corrected chi connectivity index (χ1v) is 2.01. The van der Waals surface area contributed by atoms with Gasteiger partial charge < -0.3 is 5.73 Å². The molecule has 0 aliphatic rings. The van der Waals surface area contributed by atoms with Gasteiger partial charge in [0.15, 0.2) is 0 Å². The van der Waals surface area contributed by atoms with Gasteiger partial charge in [-0.3, -0.25) is 5.73 Å². The molecule has 2 radical (unpaired) electrons. The molecule has 2 heteroatoms. The van der Waals surface area contributed by atoms with Crippen molar-refractivity contribution in [3.8, 4) is 0 Å². The Labute approximate surface area is 38.5 Å². The van der Waals surface area contributed by atoms with Gasteiger partial charge in [-0.15, -0.1) is 0 Å². The van der Waals surface area contributed by atoms with Gasteiger partial charge in [0.05, 0.1) is 0 Å². The van der Waals surface area contributed by atoms with E-state index >= 15 is 0 Å². The van der Waals surface area contributed by atoms with Crippen LogP contribution in [0.3, 0.4) is 0 Å². The molecule has 1 atom stereocenters. The summed E-state index contributed by atoms with van der Waals surface area (Å²) in [5.41, 5.74) is 11.9. The number of nitrogens with two attached hydrogens (primary N) is 1. The van der Waals surface area contributed by atoms with Crippen LogP contribution in [0.1, 0.15) is 6.42 Å². The van der Waals surface area contributed by atoms with Crippen molar-refractivity contribution in [3.05, 3.63) is 6.92 Å². The molecule has 0 rings (SSSR count). The number of rotatable bonds is 2. The van der Waals surface area contributed by atoms with Crippen molar-refractivity contribution in [2.75, 3.05) is 6.54 Å². The lowest BCUT2D eigenvalue weighted by Gasteiger charge is -1.95. The molecule has 0 fully saturated rings. The Morgan fingerprint density at radius 1 is 1.83 bits per heavy atom. The van der Waals surface area contributed by atoms with E-state index in [1.165, 1.54) is 0 Å². The minimum Gasteiger partial charge on any atom is -0.330 e. The molecule has 0 aromatic heterocycles. The third kappa shape index (κ3) is 3.92. The van der Waals surface area contributed by atoms with Gasteiger partial charge in [-0.2, -0.15) is 0 Å². The molecule has 0 amide bonds. The third-order valence-corrected chi connectivity index (χ3v) is 0.515. The fraction of sp³-hybridized carbons (Fsp3) is 0.750. The van der Waals surface area contributed by atoms with Gasteiger partial charge in [-0.05, 0) is 19.9 Å². The summed E-state index contributed by atoms with van der Waals surface area (Å²) in [7, 11) is 0. The largest absolute Gasteiger partial charge is 0.330 e. The summed E-state index contributed by atoms with van der Waals surface area (Å²) in [4.78, 5) is 0. The van der Waals surface area contributed by atoms with Crippen LogP contribution in [0.4, 0.5) is 0 Å². The van der Waals surface area contributed by atoms with E-state index in [1.807, 2.05) is 0 Å². The highest BCUT2D eigenvalue weighted by Crippen LogP contribution is 1.79. The second-order valence-corrected chi connectivity index (χ2v) is 1.27. The summed E-state index contributed by atoms with van der Waals surface area (Å²) in [6.45, 7) is 4.00. The molecule has 0 bridgehead atoms. The van der Waals surface area contributed by atoms with Gasteiger partial charge in [0.2, 0.25) is 0 Å². The summed E-state index contributed by atoms with van der Waals surface area (Å²) in [6, 6.07) is -0.227. The lowest BCUT2D eigenvalue weighted by molar-refractivity contribution is 0.710. The molecule has 0 aromatic carbocycles. The summed E-state index contributed by atoms with van der Waals surface area (Å²) in [5, 5.41) is 0. The number of nitrogens with one attached hydrogen (secondary N) is 1. The minimum atomic E-state index is -0.227. The quantitative estimate of drug-likeness (QED) is 0.498. The maximum absolute atomic E-state index is 6.79. The van der Waals surface area contributed by atoms with Crippen LogP contribution in [0, 0.1) is 6.92 Å². The molecule has 0 aliphatic heterocycles. The Bertz CT molecular complexity index is 26.7. The van der Waals surface area contributed by atoms with E-state index in [1.54, 1.807) is 0 Å². The first-order valence-electron chi connectivity index (χ1n) is 2.01. The van der Waals surface area contributed by atoms with Crippen molar-refractivity contribution in [2.45, 2.75) is 12.5 Å².